The summed E-state index contributed by atoms with van der Waals surface area (Å²) in [6, 6.07) is 7.10. The normalized spacial score (nSPS) is 13.2. The summed E-state index contributed by atoms with van der Waals surface area (Å²) >= 11 is 0. The Labute approximate surface area is 118 Å². The van der Waals surface area contributed by atoms with Crippen molar-refractivity contribution in [2.75, 3.05) is 13.7 Å². The smallest absolute Gasteiger partial charge is 0.269 e. The first-order chi connectivity index (χ1) is 9.40. The van der Waals surface area contributed by atoms with Crippen molar-refractivity contribution in [3.8, 4) is 5.75 Å². The quantitative estimate of drug-likeness (QED) is 0.523. The molecular weight excluding hydrogens is 260 g/mol. The topological polar surface area (TPSA) is 91.2 Å². The molecule has 0 aliphatic rings. The first-order valence-corrected chi connectivity index (χ1v) is 6.16. The molecule has 1 unspecified atom stereocenters. The van der Waals surface area contributed by atoms with Gasteiger partial charge in [-0.25, -0.2) is 5.43 Å². The first-order valence-electron chi connectivity index (χ1n) is 6.16. The fraction of sp³-hybridized carbons (Fsp3) is 0.429. The predicted octanol–water partition coefficient (Wildman–Crippen LogP) is 0.525. The van der Waals surface area contributed by atoms with Crippen LogP contribution in [0.25, 0.3) is 0 Å². The largest absolute Gasteiger partial charge is 0.497 e. The molecule has 1 atom stereocenters. The van der Waals surface area contributed by atoms with Gasteiger partial charge >= 0.3 is 0 Å². The van der Waals surface area contributed by atoms with E-state index in [-0.39, 0.29) is 6.61 Å². The first kappa shape index (κ1) is 16.1. The Bertz CT molecular complexity index is 469. The fourth-order valence-electron chi connectivity index (χ4n) is 1.36. The zero-order chi connectivity index (χ0) is 15.2. The fourth-order valence-corrected chi connectivity index (χ4v) is 1.36. The number of carbonyl (C=O) groups is 1. The lowest BCUT2D eigenvalue weighted by molar-refractivity contribution is -0.137. The third-order valence-electron chi connectivity index (χ3n) is 2.90. The second-order valence-electron chi connectivity index (χ2n) is 5.06. The van der Waals surface area contributed by atoms with Crippen LogP contribution in [0.2, 0.25) is 0 Å². The van der Waals surface area contributed by atoms with Crippen LogP contribution in [0.4, 0.5) is 0 Å². The van der Waals surface area contributed by atoms with Gasteiger partial charge in [0.05, 0.1) is 19.9 Å². The van der Waals surface area contributed by atoms with Gasteiger partial charge in [-0.3, -0.25) is 4.79 Å². The molecule has 1 amide bonds. The van der Waals surface area contributed by atoms with Crippen molar-refractivity contribution in [1.29, 1.82) is 0 Å². The molecule has 0 saturated carbocycles. The number of aliphatic hydroxyl groups excluding tert-OH is 2. The number of rotatable bonds is 6. The number of ether oxygens (including phenoxy) is 1. The Morgan fingerprint density at radius 1 is 1.45 bits per heavy atom. The Morgan fingerprint density at radius 3 is 2.55 bits per heavy atom. The van der Waals surface area contributed by atoms with Gasteiger partial charge in [-0.15, -0.1) is 0 Å². The third kappa shape index (κ3) is 4.32. The van der Waals surface area contributed by atoms with Crippen molar-refractivity contribution < 1.29 is 19.7 Å². The van der Waals surface area contributed by atoms with Crippen molar-refractivity contribution in [3.05, 3.63) is 29.8 Å². The molecule has 0 saturated heterocycles. The minimum Gasteiger partial charge on any atom is -0.497 e. The molecule has 0 aliphatic heterocycles. The van der Waals surface area contributed by atoms with Gasteiger partial charge in [0.25, 0.3) is 5.91 Å². The predicted molar refractivity (Wildman–Crippen MR) is 75.6 cm³/mol. The number of hydrogen-bond acceptors (Lipinski definition) is 5. The third-order valence-corrected chi connectivity index (χ3v) is 2.90. The Balaban J connectivity index is 2.57. The average molecular weight is 280 g/mol. The van der Waals surface area contributed by atoms with Crippen LogP contribution in [0.5, 0.6) is 5.75 Å². The van der Waals surface area contributed by atoms with E-state index in [9.17, 15) is 9.90 Å². The number of carbonyl (C=O) groups excluding carboxylic acids is 1. The summed E-state index contributed by atoms with van der Waals surface area (Å²) in [7, 11) is 1.58. The Hall–Kier alpha value is -1.92. The molecule has 1 rings (SSSR count). The van der Waals surface area contributed by atoms with Crippen molar-refractivity contribution in [1.82, 2.24) is 5.43 Å². The van der Waals surface area contributed by atoms with Crippen molar-refractivity contribution in [2.45, 2.75) is 20.0 Å². The molecule has 0 bridgehead atoms. The molecule has 6 nitrogen and oxygen atoms in total. The summed E-state index contributed by atoms with van der Waals surface area (Å²) in [4.78, 5) is 11.6. The number of amides is 1. The van der Waals surface area contributed by atoms with E-state index in [2.05, 4.69) is 10.5 Å². The van der Waals surface area contributed by atoms with Crippen LogP contribution >= 0.6 is 0 Å². The van der Waals surface area contributed by atoms with Crippen LogP contribution < -0.4 is 10.2 Å². The standard InChI is InChI=1S/C14H20N2O4/c1-14(2,9-17)12(18)13(19)16-15-8-10-4-6-11(20-3)7-5-10/h4-8,12,17-18H,9H2,1-3H3,(H,16,19). The maximum absolute atomic E-state index is 11.6. The summed E-state index contributed by atoms with van der Waals surface area (Å²) in [6.07, 6.45) is 0.122. The lowest BCUT2D eigenvalue weighted by Crippen LogP contribution is -2.44. The van der Waals surface area contributed by atoms with Gasteiger partial charge in [0.15, 0.2) is 0 Å². The molecular formula is C14H20N2O4. The van der Waals surface area contributed by atoms with E-state index in [1.54, 1.807) is 45.2 Å². The lowest BCUT2D eigenvalue weighted by Gasteiger charge is -2.26. The van der Waals surface area contributed by atoms with E-state index in [0.29, 0.717) is 0 Å². The van der Waals surface area contributed by atoms with Crippen molar-refractivity contribution in [2.24, 2.45) is 10.5 Å². The minimum absolute atomic E-state index is 0.302. The summed E-state index contributed by atoms with van der Waals surface area (Å²) in [6.45, 7) is 2.87. The summed E-state index contributed by atoms with van der Waals surface area (Å²) in [5.41, 5.74) is 2.10. The monoisotopic (exact) mass is 280 g/mol. The number of hydrazone groups is 1. The maximum Gasteiger partial charge on any atom is 0.269 e. The maximum atomic E-state index is 11.6. The zero-order valence-corrected chi connectivity index (χ0v) is 11.8. The van der Waals surface area contributed by atoms with Gasteiger partial charge in [0, 0.05) is 5.41 Å². The highest BCUT2D eigenvalue weighted by molar-refractivity contribution is 5.84. The van der Waals surface area contributed by atoms with E-state index >= 15 is 0 Å². The molecule has 0 radical (unpaired) electrons. The van der Waals surface area contributed by atoms with Gasteiger partial charge < -0.3 is 14.9 Å². The number of methoxy groups -OCH3 is 1. The molecule has 0 fully saturated rings. The SMILES string of the molecule is COc1ccc(C=NNC(=O)C(O)C(C)(C)CO)cc1. The lowest BCUT2D eigenvalue weighted by atomic mass is 9.87. The summed E-state index contributed by atoms with van der Waals surface area (Å²) in [5, 5.41) is 22.6. The van der Waals surface area contributed by atoms with Crippen molar-refractivity contribution >= 4 is 12.1 Å². The van der Waals surface area contributed by atoms with Gasteiger partial charge in [0.2, 0.25) is 0 Å². The van der Waals surface area contributed by atoms with Crippen LogP contribution in [-0.4, -0.2) is 42.2 Å². The highest BCUT2D eigenvalue weighted by Gasteiger charge is 2.32. The molecule has 1 aromatic carbocycles. The number of benzene rings is 1. The Kier molecular flexibility index (Phi) is 5.66. The van der Waals surface area contributed by atoms with E-state index in [4.69, 9.17) is 9.84 Å². The van der Waals surface area contributed by atoms with Gasteiger partial charge in [-0.2, -0.15) is 5.10 Å². The number of hydrogen-bond donors (Lipinski definition) is 3. The summed E-state index contributed by atoms with van der Waals surface area (Å²) < 4.78 is 5.02. The second kappa shape index (κ2) is 7.02. The highest BCUT2D eigenvalue weighted by atomic mass is 16.5. The van der Waals surface area contributed by atoms with Gasteiger partial charge in [-0.1, -0.05) is 13.8 Å². The molecule has 0 heterocycles. The van der Waals surface area contributed by atoms with Crippen LogP contribution in [0.1, 0.15) is 19.4 Å². The molecule has 1 aromatic rings. The zero-order valence-electron chi connectivity index (χ0n) is 11.8. The van der Waals surface area contributed by atoms with E-state index in [0.717, 1.165) is 11.3 Å². The number of nitrogens with one attached hydrogen (secondary N) is 1. The van der Waals surface area contributed by atoms with E-state index in [1.807, 2.05) is 0 Å². The number of aliphatic hydroxyl groups is 2. The van der Waals surface area contributed by atoms with Crippen LogP contribution in [0.15, 0.2) is 29.4 Å². The van der Waals surface area contributed by atoms with Crippen LogP contribution in [0, 0.1) is 5.41 Å². The molecule has 110 valence electrons. The van der Waals surface area contributed by atoms with Gasteiger partial charge in [0.1, 0.15) is 11.9 Å². The summed E-state index contributed by atoms with van der Waals surface area (Å²) in [5.74, 6) is 0.0696. The Morgan fingerprint density at radius 2 is 2.05 bits per heavy atom. The van der Waals surface area contributed by atoms with E-state index in [1.165, 1.54) is 6.21 Å². The molecule has 6 heteroatoms. The molecule has 20 heavy (non-hydrogen) atoms. The average Bonchev–Trinajstić information content (AvgIpc) is 2.47. The molecule has 0 aromatic heterocycles. The van der Waals surface area contributed by atoms with E-state index < -0.39 is 17.4 Å². The molecule has 0 aliphatic carbocycles. The van der Waals surface area contributed by atoms with Gasteiger partial charge in [-0.05, 0) is 29.8 Å². The molecule has 0 spiro atoms. The van der Waals surface area contributed by atoms with Crippen LogP contribution in [-0.2, 0) is 4.79 Å². The minimum atomic E-state index is -1.33. The highest BCUT2D eigenvalue weighted by Crippen LogP contribution is 2.19. The molecule has 3 N–H and O–H groups in total. The second-order valence-corrected chi connectivity index (χ2v) is 5.06. The van der Waals surface area contributed by atoms with Crippen LogP contribution in [0.3, 0.4) is 0 Å². The number of nitrogens with zero attached hydrogens (tertiary/aromatic N) is 1. The van der Waals surface area contributed by atoms with Crippen molar-refractivity contribution in [3.63, 3.8) is 0 Å².